The SMILES string of the molecule is Cc1cccc2c(C3CCCNC3)ncnc12. The molecule has 2 aromatic rings. The molecule has 3 rings (SSSR count). The number of hydrogen-bond donors (Lipinski definition) is 1. The Kier molecular flexibility index (Phi) is 2.77. The summed E-state index contributed by atoms with van der Waals surface area (Å²) in [6.45, 7) is 4.29. The minimum atomic E-state index is 0.538. The molecule has 1 fully saturated rings. The van der Waals surface area contributed by atoms with Crippen LogP contribution in [0.25, 0.3) is 10.9 Å². The van der Waals surface area contributed by atoms with Crippen LogP contribution in [0.15, 0.2) is 24.5 Å². The van der Waals surface area contributed by atoms with Crippen LogP contribution in [0.1, 0.15) is 30.0 Å². The third kappa shape index (κ3) is 1.91. The number of piperidine rings is 1. The molecule has 0 spiro atoms. The second kappa shape index (κ2) is 4.41. The number of hydrogen-bond acceptors (Lipinski definition) is 3. The molecule has 0 radical (unpaired) electrons. The molecule has 1 unspecified atom stereocenters. The van der Waals surface area contributed by atoms with Gasteiger partial charge in [-0.1, -0.05) is 18.2 Å². The maximum absolute atomic E-state index is 4.52. The molecule has 1 aromatic carbocycles. The van der Waals surface area contributed by atoms with Crippen LogP contribution >= 0.6 is 0 Å². The summed E-state index contributed by atoms with van der Waals surface area (Å²) in [4.78, 5) is 8.93. The van der Waals surface area contributed by atoms with Gasteiger partial charge in [-0.3, -0.25) is 0 Å². The summed E-state index contributed by atoms with van der Waals surface area (Å²) in [5.41, 5.74) is 3.55. The maximum atomic E-state index is 4.52. The lowest BCUT2D eigenvalue weighted by Gasteiger charge is -2.23. The Labute approximate surface area is 101 Å². The average Bonchev–Trinajstić information content (AvgIpc) is 2.40. The second-order valence-corrected chi connectivity index (χ2v) is 4.77. The largest absolute Gasteiger partial charge is 0.316 e. The summed E-state index contributed by atoms with van der Waals surface area (Å²) in [7, 11) is 0. The van der Waals surface area contributed by atoms with Crippen molar-refractivity contribution in [2.24, 2.45) is 0 Å². The van der Waals surface area contributed by atoms with Crippen LogP contribution in [0.3, 0.4) is 0 Å². The van der Waals surface area contributed by atoms with E-state index in [1.54, 1.807) is 6.33 Å². The van der Waals surface area contributed by atoms with Crippen LogP contribution in [0, 0.1) is 6.92 Å². The summed E-state index contributed by atoms with van der Waals surface area (Å²) >= 11 is 0. The van der Waals surface area contributed by atoms with Crippen molar-refractivity contribution in [3.05, 3.63) is 35.8 Å². The van der Waals surface area contributed by atoms with E-state index in [4.69, 9.17) is 0 Å². The molecule has 88 valence electrons. The lowest BCUT2D eigenvalue weighted by Crippen LogP contribution is -2.29. The third-order valence-electron chi connectivity index (χ3n) is 3.58. The Morgan fingerprint density at radius 3 is 3.06 bits per heavy atom. The first kappa shape index (κ1) is 10.7. The average molecular weight is 227 g/mol. The molecule has 1 N–H and O–H groups in total. The fraction of sp³-hybridized carbons (Fsp3) is 0.429. The lowest BCUT2D eigenvalue weighted by molar-refractivity contribution is 0.456. The van der Waals surface area contributed by atoms with Crippen molar-refractivity contribution in [3.63, 3.8) is 0 Å². The molecule has 0 saturated carbocycles. The second-order valence-electron chi connectivity index (χ2n) is 4.77. The first-order valence-corrected chi connectivity index (χ1v) is 6.27. The highest BCUT2D eigenvalue weighted by atomic mass is 14.9. The van der Waals surface area contributed by atoms with Gasteiger partial charge in [-0.15, -0.1) is 0 Å². The molecule has 2 heterocycles. The van der Waals surface area contributed by atoms with Crippen LogP contribution in [0.4, 0.5) is 0 Å². The van der Waals surface area contributed by atoms with E-state index in [0.29, 0.717) is 5.92 Å². The zero-order valence-electron chi connectivity index (χ0n) is 10.1. The van der Waals surface area contributed by atoms with Crippen molar-refractivity contribution >= 4 is 10.9 Å². The van der Waals surface area contributed by atoms with Crippen molar-refractivity contribution in [2.45, 2.75) is 25.7 Å². The van der Waals surface area contributed by atoms with Crippen LogP contribution in [0.2, 0.25) is 0 Å². The number of rotatable bonds is 1. The number of nitrogens with one attached hydrogen (secondary N) is 1. The van der Waals surface area contributed by atoms with Crippen molar-refractivity contribution in [1.29, 1.82) is 0 Å². The number of nitrogens with zero attached hydrogens (tertiary/aromatic N) is 2. The van der Waals surface area contributed by atoms with Gasteiger partial charge in [-0.25, -0.2) is 9.97 Å². The topological polar surface area (TPSA) is 37.8 Å². The molecule has 1 saturated heterocycles. The molecule has 3 nitrogen and oxygen atoms in total. The van der Waals surface area contributed by atoms with Crippen LogP contribution in [-0.4, -0.2) is 23.1 Å². The van der Waals surface area contributed by atoms with E-state index in [-0.39, 0.29) is 0 Å². The number of fused-ring (bicyclic) bond motifs is 1. The first-order chi connectivity index (χ1) is 8.36. The van der Waals surface area contributed by atoms with Gasteiger partial charge in [0.2, 0.25) is 0 Å². The summed E-state index contributed by atoms with van der Waals surface area (Å²) < 4.78 is 0. The Balaban J connectivity index is 2.12. The van der Waals surface area contributed by atoms with E-state index >= 15 is 0 Å². The van der Waals surface area contributed by atoms with Gasteiger partial charge in [-0.05, 0) is 31.9 Å². The number of aromatic nitrogens is 2. The smallest absolute Gasteiger partial charge is 0.116 e. The Morgan fingerprint density at radius 2 is 2.24 bits per heavy atom. The summed E-state index contributed by atoms with van der Waals surface area (Å²) in [5, 5.41) is 4.68. The van der Waals surface area contributed by atoms with Crippen molar-refractivity contribution < 1.29 is 0 Å². The standard InChI is InChI=1S/C14H17N3/c1-10-4-2-6-12-13(10)16-9-17-14(12)11-5-3-7-15-8-11/h2,4,6,9,11,15H,3,5,7-8H2,1H3. The Hall–Kier alpha value is -1.48. The summed E-state index contributed by atoms with van der Waals surface area (Å²) in [6.07, 6.45) is 4.17. The number of para-hydroxylation sites is 1. The number of benzene rings is 1. The first-order valence-electron chi connectivity index (χ1n) is 6.27. The summed E-state index contributed by atoms with van der Waals surface area (Å²) in [5.74, 6) is 0.538. The predicted molar refractivity (Wildman–Crippen MR) is 69.1 cm³/mol. The van der Waals surface area contributed by atoms with E-state index < -0.39 is 0 Å². The van der Waals surface area contributed by atoms with Crippen molar-refractivity contribution in [2.75, 3.05) is 13.1 Å². The third-order valence-corrected chi connectivity index (χ3v) is 3.58. The molecule has 0 bridgehead atoms. The Bertz CT molecular complexity index is 530. The fourth-order valence-electron chi connectivity index (χ4n) is 2.67. The highest BCUT2D eigenvalue weighted by molar-refractivity contribution is 5.83. The van der Waals surface area contributed by atoms with E-state index in [9.17, 15) is 0 Å². The molecule has 1 aromatic heterocycles. The normalized spacial score (nSPS) is 20.6. The van der Waals surface area contributed by atoms with E-state index in [0.717, 1.165) is 18.6 Å². The molecule has 0 aliphatic carbocycles. The quantitative estimate of drug-likeness (QED) is 0.813. The van der Waals surface area contributed by atoms with Crippen molar-refractivity contribution in [1.82, 2.24) is 15.3 Å². The molecule has 1 aliphatic rings. The van der Waals surface area contributed by atoms with Crippen LogP contribution < -0.4 is 5.32 Å². The van der Waals surface area contributed by atoms with Crippen LogP contribution in [-0.2, 0) is 0 Å². The predicted octanol–water partition coefficient (Wildman–Crippen LogP) is 2.41. The van der Waals surface area contributed by atoms with Crippen LogP contribution in [0.5, 0.6) is 0 Å². The molecule has 17 heavy (non-hydrogen) atoms. The van der Waals surface area contributed by atoms with Gasteiger partial charge in [0, 0.05) is 17.8 Å². The molecule has 0 amide bonds. The summed E-state index contributed by atoms with van der Waals surface area (Å²) in [6, 6.07) is 6.35. The lowest BCUT2D eigenvalue weighted by atomic mass is 9.93. The highest BCUT2D eigenvalue weighted by Gasteiger charge is 2.19. The van der Waals surface area contributed by atoms with Gasteiger partial charge >= 0.3 is 0 Å². The minimum absolute atomic E-state index is 0.538. The van der Waals surface area contributed by atoms with E-state index in [1.807, 2.05) is 0 Å². The van der Waals surface area contributed by atoms with Gasteiger partial charge in [0.1, 0.15) is 6.33 Å². The van der Waals surface area contributed by atoms with Crippen molar-refractivity contribution in [3.8, 4) is 0 Å². The van der Waals surface area contributed by atoms with Gasteiger partial charge in [0.05, 0.1) is 11.2 Å². The van der Waals surface area contributed by atoms with Gasteiger partial charge in [-0.2, -0.15) is 0 Å². The molecular formula is C14H17N3. The monoisotopic (exact) mass is 227 g/mol. The van der Waals surface area contributed by atoms with Gasteiger partial charge in [0.15, 0.2) is 0 Å². The molecular weight excluding hydrogens is 210 g/mol. The zero-order chi connectivity index (χ0) is 11.7. The molecule has 1 atom stereocenters. The Morgan fingerprint density at radius 1 is 1.29 bits per heavy atom. The van der Waals surface area contributed by atoms with Gasteiger partial charge in [0.25, 0.3) is 0 Å². The number of aryl methyl sites for hydroxylation is 1. The van der Waals surface area contributed by atoms with E-state index in [1.165, 1.54) is 29.5 Å². The fourth-order valence-corrected chi connectivity index (χ4v) is 2.67. The van der Waals surface area contributed by atoms with E-state index in [2.05, 4.69) is 40.4 Å². The molecule has 3 heteroatoms. The minimum Gasteiger partial charge on any atom is -0.316 e. The van der Waals surface area contributed by atoms with Gasteiger partial charge < -0.3 is 5.32 Å². The molecule has 1 aliphatic heterocycles. The zero-order valence-corrected chi connectivity index (χ0v) is 10.1. The highest BCUT2D eigenvalue weighted by Crippen LogP contribution is 2.28. The maximum Gasteiger partial charge on any atom is 0.116 e.